The van der Waals surface area contributed by atoms with E-state index in [1.807, 2.05) is 13.0 Å². The second-order valence-electron chi connectivity index (χ2n) is 6.65. The maximum Gasteiger partial charge on any atom is 0.335 e. The maximum atomic E-state index is 12.5. The molecule has 3 rings (SSSR count). The van der Waals surface area contributed by atoms with E-state index in [0.29, 0.717) is 31.1 Å². The molecule has 0 bridgehead atoms. The average molecular weight is 407 g/mol. The van der Waals surface area contributed by atoms with E-state index < -0.39 is 5.97 Å². The van der Waals surface area contributed by atoms with Gasteiger partial charge < -0.3 is 25.0 Å². The molecule has 9 heteroatoms. The Balaban J connectivity index is 1.68. The fraction of sp³-hybridized carbons (Fsp3) is 0.421. The van der Waals surface area contributed by atoms with Crippen LogP contribution >= 0.6 is 11.6 Å². The second-order valence-corrected chi connectivity index (χ2v) is 7.01. The number of methoxy groups -OCH3 is 1. The summed E-state index contributed by atoms with van der Waals surface area (Å²) in [6.45, 7) is 3.12. The van der Waals surface area contributed by atoms with Gasteiger partial charge in [-0.1, -0.05) is 24.6 Å². The molecule has 3 N–H and O–H groups in total. The third kappa shape index (κ3) is 4.28. The number of aromatic nitrogens is 2. The van der Waals surface area contributed by atoms with Crippen LogP contribution < -0.4 is 10.2 Å². The van der Waals surface area contributed by atoms with Crippen LogP contribution in [0.4, 0.5) is 5.69 Å². The lowest BCUT2D eigenvalue weighted by Gasteiger charge is -2.39. The number of rotatable bonds is 6. The van der Waals surface area contributed by atoms with Crippen molar-refractivity contribution < 1.29 is 19.4 Å². The summed E-state index contributed by atoms with van der Waals surface area (Å²) in [6.07, 6.45) is 1.06. The van der Waals surface area contributed by atoms with Gasteiger partial charge in [-0.05, 0) is 31.0 Å². The van der Waals surface area contributed by atoms with E-state index in [0.717, 1.165) is 11.4 Å². The zero-order valence-electron chi connectivity index (χ0n) is 15.7. The van der Waals surface area contributed by atoms with Crippen molar-refractivity contribution in [3.8, 4) is 0 Å². The average Bonchev–Trinajstić information content (AvgIpc) is 3.09. The summed E-state index contributed by atoms with van der Waals surface area (Å²) in [6, 6.07) is 6.61. The summed E-state index contributed by atoms with van der Waals surface area (Å²) >= 11 is 6.01. The Morgan fingerprint density at radius 2 is 2.25 bits per heavy atom. The summed E-state index contributed by atoms with van der Waals surface area (Å²) in [5, 5.41) is 12.5. The van der Waals surface area contributed by atoms with Gasteiger partial charge in [-0.3, -0.25) is 4.79 Å². The Morgan fingerprint density at radius 1 is 1.46 bits per heavy atom. The fourth-order valence-corrected chi connectivity index (χ4v) is 3.62. The number of anilines is 1. The number of carboxylic acid groups (broad SMARTS) is 1. The zero-order valence-corrected chi connectivity index (χ0v) is 16.5. The molecule has 1 fully saturated rings. The number of aromatic amines is 1. The molecule has 150 valence electrons. The van der Waals surface area contributed by atoms with Crippen LogP contribution in [0.3, 0.4) is 0 Å². The number of ether oxygens (including phenoxy) is 1. The molecule has 28 heavy (non-hydrogen) atoms. The minimum atomic E-state index is -0.962. The maximum absolute atomic E-state index is 12.5. The molecule has 2 atom stereocenters. The molecule has 1 amide bonds. The van der Waals surface area contributed by atoms with E-state index in [1.165, 1.54) is 0 Å². The number of hydrogen-bond acceptors (Lipinski definition) is 5. The number of imidazole rings is 1. The van der Waals surface area contributed by atoms with Crippen LogP contribution in [0.2, 0.25) is 5.15 Å². The minimum absolute atomic E-state index is 0.188. The first kappa shape index (κ1) is 20.2. The van der Waals surface area contributed by atoms with Gasteiger partial charge >= 0.3 is 5.97 Å². The van der Waals surface area contributed by atoms with Crippen molar-refractivity contribution in [3.05, 3.63) is 46.5 Å². The number of halogens is 1. The van der Waals surface area contributed by atoms with Crippen LogP contribution in [-0.4, -0.2) is 59.3 Å². The molecule has 8 nitrogen and oxygen atoms in total. The van der Waals surface area contributed by atoms with Gasteiger partial charge in [0, 0.05) is 25.9 Å². The molecule has 1 saturated heterocycles. The van der Waals surface area contributed by atoms with Gasteiger partial charge in [0.05, 0.1) is 23.4 Å². The monoisotopic (exact) mass is 406 g/mol. The predicted octanol–water partition coefficient (Wildman–Crippen LogP) is 2.35. The number of carbonyl (C=O) groups excluding carboxylic acids is 1. The minimum Gasteiger partial charge on any atom is -0.478 e. The highest BCUT2D eigenvalue weighted by Crippen LogP contribution is 2.23. The first-order chi connectivity index (χ1) is 13.4. The molecular formula is C19H23ClN4O4. The van der Waals surface area contributed by atoms with Crippen LogP contribution in [0.1, 0.15) is 40.0 Å². The molecule has 1 aromatic carbocycles. The molecule has 0 aliphatic carbocycles. The van der Waals surface area contributed by atoms with Crippen molar-refractivity contribution in [2.24, 2.45) is 0 Å². The largest absolute Gasteiger partial charge is 0.478 e. The molecule has 0 saturated carbocycles. The molecule has 0 unspecified atom stereocenters. The zero-order chi connectivity index (χ0) is 20.3. The van der Waals surface area contributed by atoms with Crippen LogP contribution in [0.25, 0.3) is 0 Å². The van der Waals surface area contributed by atoms with E-state index >= 15 is 0 Å². The van der Waals surface area contributed by atoms with E-state index in [1.54, 1.807) is 25.3 Å². The lowest BCUT2D eigenvalue weighted by atomic mass is 10.0. The number of benzene rings is 1. The topological polar surface area (TPSA) is 108 Å². The Labute approximate surface area is 167 Å². The molecule has 2 aromatic rings. The molecule has 0 radical (unpaired) electrons. The van der Waals surface area contributed by atoms with Crippen LogP contribution in [0, 0.1) is 0 Å². The van der Waals surface area contributed by atoms with Crippen LogP contribution in [-0.2, 0) is 11.2 Å². The normalized spacial score (nSPS) is 19.5. The van der Waals surface area contributed by atoms with Crippen molar-refractivity contribution in [2.45, 2.75) is 31.9 Å². The predicted molar refractivity (Wildman–Crippen MR) is 105 cm³/mol. The third-order valence-electron chi connectivity index (χ3n) is 4.93. The van der Waals surface area contributed by atoms with Gasteiger partial charge in [-0.25, -0.2) is 9.78 Å². The summed E-state index contributed by atoms with van der Waals surface area (Å²) in [5.41, 5.74) is 1.78. The Bertz CT molecular complexity index is 869. The lowest BCUT2D eigenvalue weighted by molar-refractivity contribution is 0.0538. The van der Waals surface area contributed by atoms with Gasteiger partial charge in [0.1, 0.15) is 0 Å². The standard InChI is InChI=1S/C19H23ClN4O4/c1-3-13-16(20)23-17(21-13)18(25)22-14-7-8-24(10-15(14)28-2)12-6-4-5-11(9-12)19(26)27/h4-6,9,14-15H,3,7-8,10H2,1-2H3,(H,21,23)(H,22,25)(H,26,27)/t14-,15+/m0/s1. The number of piperidine rings is 1. The number of carboxylic acids is 1. The first-order valence-electron chi connectivity index (χ1n) is 9.09. The highest BCUT2D eigenvalue weighted by Gasteiger charge is 2.31. The number of H-pyrrole nitrogens is 1. The van der Waals surface area contributed by atoms with Crippen molar-refractivity contribution in [3.63, 3.8) is 0 Å². The lowest BCUT2D eigenvalue weighted by Crippen LogP contribution is -2.55. The summed E-state index contributed by atoms with van der Waals surface area (Å²) in [5.74, 6) is -1.10. The Morgan fingerprint density at radius 3 is 2.89 bits per heavy atom. The van der Waals surface area contributed by atoms with Gasteiger partial charge in [0.15, 0.2) is 11.0 Å². The molecular weight excluding hydrogens is 384 g/mol. The van der Waals surface area contributed by atoms with Crippen LogP contribution in [0.15, 0.2) is 24.3 Å². The van der Waals surface area contributed by atoms with E-state index in [-0.39, 0.29) is 29.4 Å². The highest BCUT2D eigenvalue weighted by atomic mass is 35.5. The van der Waals surface area contributed by atoms with E-state index in [9.17, 15) is 14.7 Å². The van der Waals surface area contributed by atoms with Crippen LogP contribution in [0.5, 0.6) is 0 Å². The van der Waals surface area contributed by atoms with Crippen molar-refractivity contribution in [2.75, 3.05) is 25.1 Å². The molecule has 1 aliphatic heterocycles. The number of nitrogens with zero attached hydrogens (tertiary/aromatic N) is 2. The number of carbonyl (C=O) groups is 2. The summed E-state index contributed by atoms with van der Waals surface area (Å²) < 4.78 is 5.59. The number of hydrogen-bond donors (Lipinski definition) is 3. The first-order valence-corrected chi connectivity index (χ1v) is 9.47. The molecule has 1 aromatic heterocycles. The van der Waals surface area contributed by atoms with Crippen molar-refractivity contribution in [1.29, 1.82) is 0 Å². The van der Waals surface area contributed by atoms with Gasteiger partial charge in [-0.15, -0.1) is 0 Å². The Kier molecular flexibility index (Phi) is 6.21. The van der Waals surface area contributed by atoms with E-state index in [2.05, 4.69) is 20.2 Å². The fourth-order valence-electron chi connectivity index (χ4n) is 3.36. The molecule has 2 heterocycles. The van der Waals surface area contributed by atoms with Crippen molar-refractivity contribution >= 4 is 29.2 Å². The summed E-state index contributed by atoms with van der Waals surface area (Å²) in [7, 11) is 1.60. The van der Waals surface area contributed by atoms with Gasteiger partial charge in [0.2, 0.25) is 0 Å². The molecule has 0 spiro atoms. The van der Waals surface area contributed by atoms with Gasteiger partial charge in [-0.2, -0.15) is 0 Å². The van der Waals surface area contributed by atoms with E-state index in [4.69, 9.17) is 16.3 Å². The summed E-state index contributed by atoms with van der Waals surface area (Å²) in [4.78, 5) is 32.8. The SMILES string of the molecule is CCc1[nH]c(C(=O)N[C@H]2CCN(c3cccc(C(=O)O)c3)C[C@H]2OC)nc1Cl. The second kappa shape index (κ2) is 8.62. The number of amides is 1. The quantitative estimate of drug-likeness (QED) is 0.679. The molecule has 1 aliphatic rings. The number of aromatic carboxylic acids is 1. The smallest absolute Gasteiger partial charge is 0.335 e. The number of aryl methyl sites for hydroxylation is 1. The third-order valence-corrected chi connectivity index (χ3v) is 5.25. The van der Waals surface area contributed by atoms with Crippen molar-refractivity contribution in [1.82, 2.24) is 15.3 Å². The van der Waals surface area contributed by atoms with Gasteiger partial charge in [0.25, 0.3) is 5.91 Å². The highest BCUT2D eigenvalue weighted by molar-refractivity contribution is 6.30. The Hall–Kier alpha value is -2.58. The number of nitrogens with one attached hydrogen (secondary N) is 2.